The number of hydrogen-bond acceptors (Lipinski definition) is 2. The number of allylic oxidation sites excluding steroid dienone is 7. The lowest BCUT2D eigenvalue weighted by molar-refractivity contribution is 0.954. The molecule has 0 bridgehead atoms. The first kappa shape index (κ1) is 25.6. The molecule has 0 atom stereocenters. The summed E-state index contributed by atoms with van der Waals surface area (Å²) < 4.78 is 0. The van der Waals surface area contributed by atoms with E-state index in [1.807, 2.05) is 19.3 Å². The molecule has 0 aliphatic rings. The normalized spacial score (nSPS) is 13.0. The molecule has 4 N–H and O–H groups in total. The highest BCUT2D eigenvalue weighted by Gasteiger charge is 2.02. The van der Waals surface area contributed by atoms with Crippen LogP contribution in [0.3, 0.4) is 0 Å². The number of H-pyrrole nitrogens is 1. The molecule has 0 fully saturated rings. The lowest BCUT2D eigenvalue weighted by atomic mass is 9.97. The van der Waals surface area contributed by atoms with Gasteiger partial charge in [-0.25, -0.2) is 0 Å². The molecule has 3 nitrogen and oxygen atoms in total. The molecule has 0 radical (unpaired) electrons. The van der Waals surface area contributed by atoms with Gasteiger partial charge in [-0.2, -0.15) is 0 Å². The van der Waals surface area contributed by atoms with E-state index in [9.17, 15) is 0 Å². The summed E-state index contributed by atoms with van der Waals surface area (Å²) in [4.78, 5) is 3.26. The highest BCUT2D eigenvalue weighted by atomic mass is 14.8. The van der Waals surface area contributed by atoms with Crippen molar-refractivity contribution in [1.29, 1.82) is 0 Å². The Kier molecular flexibility index (Phi) is 9.56. The van der Waals surface area contributed by atoms with Gasteiger partial charge in [0.15, 0.2) is 0 Å². The Morgan fingerprint density at radius 3 is 2.63 bits per heavy atom. The summed E-state index contributed by atoms with van der Waals surface area (Å²) in [6.45, 7) is 8.50. The maximum atomic E-state index is 5.55. The second kappa shape index (κ2) is 13.0. The van der Waals surface area contributed by atoms with Crippen molar-refractivity contribution in [3.63, 3.8) is 0 Å². The highest BCUT2D eigenvalue weighted by molar-refractivity contribution is 5.88. The summed E-state index contributed by atoms with van der Waals surface area (Å²) in [5, 5.41) is 4.48. The molecule has 35 heavy (non-hydrogen) atoms. The predicted molar refractivity (Wildman–Crippen MR) is 154 cm³/mol. The molecule has 0 amide bonds. The van der Waals surface area contributed by atoms with Crippen molar-refractivity contribution in [2.24, 2.45) is 5.73 Å². The standard InChI is InChI=1S/C32H37N3/c1-5-25(18-20-33)11-12-26-13-15-28(27(6-2)23-26)14-10-24(3)22-30(34-4)17-16-29-8-7-9-32-31(29)19-21-35-32/h5,7-10,13-23,34-35H,3,6,11-12,33H2,1-2,4H3/b14-10+,17-16+,20-18-,25-5-,30-22-. The number of rotatable bonds is 11. The molecule has 0 spiro atoms. The maximum absolute atomic E-state index is 5.55. The number of aromatic nitrogens is 1. The van der Waals surface area contributed by atoms with Crippen LogP contribution in [-0.4, -0.2) is 12.0 Å². The molecular formula is C32H37N3. The van der Waals surface area contributed by atoms with Gasteiger partial charge >= 0.3 is 0 Å². The van der Waals surface area contributed by atoms with E-state index in [4.69, 9.17) is 5.73 Å². The number of aromatic amines is 1. The zero-order valence-electron chi connectivity index (χ0n) is 21.1. The fourth-order valence-corrected chi connectivity index (χ4v) is 4.10. The van der Waals surface area contributed by atoms with Crippen LogP contribution in [0.5, 0.6) is 0 Å². The topological polar surface area (TPSA) is 53.8 Å². The van der Waals surface area contributed by atoms with Crippen molar-refractivity contribution in [1.82, 2.24) is 10.3 Å². The van der Waals surface area contributed by atoms with Crippen molar-refractivity contribution in [3.05, 3.63) is 131 Å². The quantitative estimate of drug-likeness (QED) is 0.258. The van der Waals surface area contributed by atoms with Crippen LogP contribution >= 0.6 is 0 Å². The van der Waals surface area contributed by atoms with Gasteiger partial charge in [0, 0.05) is 29.8 Å². The third-order valence-electron chi connectivity index (χ3n) is 6.15. The summed E-state index contributed by atoms with van der Waals surface area (Å²) in [6, 6.07) is 15.1. The molecule has 1 heterocycles. The van der Waals surface area contributed by atoms with E-state index in [0.29, 0.717) is 0 Å². The van der Waals surface area contributed by atoms with E-state index in [2.05, 4.69) is 110 Å². The number of fused-ring (bicyclic) bond motifs is 1. The number of benzene rings is 2. The van der Waals surface area contributed by atoms with Gasteiger partial charge in [0.25, 0.3) is 0 Å². The molecule has 0 unspecified atom stereocenters. The Morgan fingerprint density at radius 2 is 1.89 bits per heavy atom. The number of likely N-dealkylation sites (N-methyl/N-ethyl adjacent to an activating group) is 1. The van der Waals surface area contributed by atoms with Crippen LogP contribution in [0.2, 0.25) is 0 Å². The van der Waals surface area contributed by atoms with E-state index in [0.717, 1.165) is 36.0 Å². The minimum absolute atomic E-state index is 0.941. The van der Waals surface area contributed by atoms with Crippen LogP contribution in [0.1, 0.15) is 42.5 Å². The molecular weight excluding hydrogens is 426 g/mol. The van der Waals surface area contributed by atoms with Gasteiger partial charge in [-0.05, 0) is 90.6 Å². The van der Waals surface area contributed by atoms with Gasteiger partial charge in [-0.1, -0.05) is 73.7 Å². The van der Waals surface area contributed by atoms with Crippen molar-refractivity contribution < 1.29 is 0 Å². The van der Waals surface area contributed by atoms with Crippen LogP contribution in [0.25, 0.3) is 23.1 Å². The average molecular weight is 464 g/mol. The van der Waals surface area contributed by atoms with Gasteiger partial charge in [0.05, 0.1) is 0 Å². The Labute approximate surface area is 210 Å². The predicted octanol–water partition coefficient (Wildman–Crippen LogP) is 7.47. The van der Waals surface area contributed by atoms with Gasteiger partial charge < -0.3 is 16.0 Å². The Bertz CT molecular complexity index is 1300. The zero-order chi connectivity index (χ0) is 25.0. The number of aryl methyl sites for hydroxylation is 2. The minimum Gasteiger partial charge on any atom is -0.405 e. The summed E-state index contributed by atoms with van der Waals surface area (Å²) in [5.74, 6) is 0. The first-order valence-corrected chi connectivity index (χ1v) is 12.2. The van der Waals surface area contributed by atoms with E-state index < -0.39 is 0 Å². The second-order valence-corrected chi connectivity index (χ2v) is 8.49. The smallest absolute Gasteiger partial charge is 0.0459 e. The number of nitrogens with one attached hydrogen (secondary N) is 2. The molecule has 0 saturated heterocycles. The monoisotopic (exact) mass is 463 g/mol. The highest BCUT2D eigenvalue weighted by Crippen LogP contribution is 2.20. The van der Waals surface area contributed by atoms with Crippen LogP contribution < -0.4 is 11.1 Å². The summed E-state index contributed by atoms with van der Waals surface area (Å²) in [6.07, 6.45) is 21.2. The molecule has 3 heteroatoms. The van der Waals surface area contributed by atoms with Crippen LogP contribution in [-0.2, 0) is 12.8 Å². The molecule has 3 rings (SSSR count). The zero-order valence-corrected chi connectivity index (χ0v) is 21.1. The minimum atomic E-state index is 0.941. The molecule has 0 saturated carbocycles. The summed E-state index contributed by atoms with van der Waals surface area (Å²) in [5.41, 5.74) is 15.0. The fraction of sp³-hybridized carbons (Fsp3) is 0.188. The third kappa shape index (κ3) is 7.25. The SMILES string of the molecule is C=C(/C=C(/C=C/c1cccc2[nH]ccc12)NC)/C=C/c1ccc(CCC(/C=C\N)=C/C)cc1CC. The lowest BCUT2D eigenvalue weighted by Gasteiger charge is -2.09. The average Bonchev–Trinajstić information content (AvgIpc) is 3.37. The molecule has 0 aliphatic heterocycles. The van der Waals surface area contributed by atoms with Crippen molar-refractivity contribution in [3.8, 4) is 0 Å². The van der Waals surface area contributed by atoms with Crippen LogP contribution in [0, 0.1) is 0 Å². The van der Waals surface area contributed by atoms with E-state index in [1.165, 1.54) is 33.2 Å². The second-order valence-electron chi connectivity index (χ2n) is 8.49. The van der Waals surface area contributed by atoms with Gasteiger partial charge in [0.1, 0.15) is 0 Å². The van der Waals surface area contributed by atoms with Gasteiger partial charge in [-0.15, -0.1) is 0 Å². The van der Waals surface area contributed by atoms with E-state index in [-0.39, 0.29) is 0 Å². The van der Waals surface area contributed by atoms with Crippen LogP contribution in [0.15, 0.2) is 109 Å². The molecule has 0 aliphatic carbocycles. The Morgan fingerprint density at radius 1 is 1.06 bits per heavy atom. The van der Waals surface area contributed by atoms with Gasteiger partial charge in [-0.3, -0.25) is 0 Å². The molecule has 3 aromatic rings. The van der Waals surface area contributed by atoms with E-state index in [1.54, 1.807) is 6.20 Å². The van der Waals surface area contributed by atoms with Crippen molar-refractivity contribution in [2.45, 2.75) is 33.1 Å². The molecule has 2 aromatic carbocycles. The molecule has 1 aromatic heterocycles. The maximum Gasteiger partial charge on any atom is 0.0459 e. The number of nitrogens with two attached hydrogens (primary N) is 1. The first-order chi connectivity index (χ1) is 17.1. The van der Waals surface area contributed by atoms with Crippen molar-refractivity contribution >= 4 is 23.1 Å². The first-order valence-electron chi connectivity index (χ1n) is 12.2. The fourth-order valence-electron chi connectivity index (χ4n) is 4.10. The summed E-state index contributed by atoms with van der Waals surface area (Å²) in [7, 11) is 1.93. The number of hydrogen-bond donors (Lipinski definition) is 3. The largest absolute Gasteiger partial charge is 0.405 e. The third-order valence-corrected chi connectivity index (χ3v) is 6.15. The van der Waals surface area contributed by atoms with E-state index >= 15 is 0 Å². The summed E-state index contributed by atoms with van der Waals surface area (Å²) >= 11 is 0. The van der Waals surface area contributed by atoms with Crippen molar-refractivity contribution in [2.75, 3.05) is 7.05 Å². The Hall–Kier alpha value is -3.98. The lowest BCUT2D eigenvalue weighted by Crippen LogP contribution is -2.03. The molecule has 180 valence electrons. The Balaban J connectivity index is 1.69. The van der Waals surface area contributed by atoms with Crippen LogP contribution in [0.4, 0.5) is 0 Å². The van der Waals surface area contributed by atoms with Gasteiger partial charge in [0.2, 0.25) is 0 Å².